The molecule has 0 saturated carbocycles. The standard InChI is InChI=1S/C10H9N.C8H8N2.3C2H6/c1-8-4-2-6-10-9(8)5-3-7-11-10;1-6-5-10-8-7(6)3-2-4-9-8;3*1-2/h2-7H,1H3;2-5H,1H3,(H,9,10);3*1-2H3. The average molecular weight is 366 g/mol. The molecule has 0 saturated heterocycles. The topological polar surface area (TPSA) is 41.6 Å². The van der Waals surface area contributed by atoms with Gasteiger partial charge >= 0.3 is 0 Å². The van der Waals surface area contributed by atoms with Crippen LogP contribution in [0, 0.1) is 13.8 Å². The Morgan fingerprint density at radius 2 is 1.22 bits per heavy atom. The first-order valence-electron chi connectivity index (χ1n) is 9.95. The van der Waals surface area contributed by atoms with Crippen LogP contribution in [0.4, 0.5) is 0 Å². The fourth-order valence-corrected chi connectivity index (χ4v) is 2.35. The van der Waals surface area contributed by atoms with Crippen molar-refractivity contribution < 1.29 is 0 Å². The van der Waals surface area contributed by atoms with Gasteiger partial charge in [0, 0.05) is 29.4 Å². The third-order valence-electron chi connectivity index (χ3n) is 3.52. The number of aryl methyl sites for hydroxylation is 2. The van der Waals surface area contributed by atoms with Gasteiger partial charge in [0.05, 0.1) is 5.52 Å². The maximum atomic E-state index is 4.24. The van der Waals surface area contributed by atoms with Crippen LogP contribution in [0.1, 0.15) is 52.7 Å². The van der Waals surface area contributed by atoms with E-state index in [9.17, 15) is 0 Å². The van der Waals surface area contributed by atoms with Crippen molar-refractivity contribution in [1.82, 2.24) is 15.0 Å². The Bertz CT molecular complexity index is 873. The zero-order chi connectivity index (χ0) is 20.7. The Morgan fingerprint density at radius 1 is 0.630 bits per heavy atom. The summed E-state index contributed by atoms with van der Waals surface area (Å²) in [5.74, 6) is 0. The second kappa shape index (κ2) is 14.5. The van der Waals surface area contributed by atoms with Crippen LogP contribution in [-0.4, -0.2) is 15.0 Å². The molecule has 0 aliphatic carbocycles. The lowest BCUT2D eigenvalue weighted by Crippen LogP contribution is -1.79. The molecule has 3 heteroatoms. The molecule has 0 aliphatic rings. The first-order valence-corrected chi connectivity index (χ1v) is 9.95. The lowest BCUT2D eigenvalue weighted by molar-refractivity contribution is 1.32. The molecule has 0 fully saturated rings. The highest BCUT2D eigenvalue weighted by Gasteiger charge is 1.96. The number of nitrogens with zero attached hydrogens (tertiary/aromatic N) is 2. The highest BCUT2D eigenvalue weighted by Crippen LogP contribution is 2.14. The number of hydrogen-bond acceptors (Lipinski definition) is 2. The largest absolute Gasteiger partial charge is 0.346 e. The van der Waals surface area contributed by atoms with Gasteiger partial charge < -0.3 is 4.98 Å². The Hall–Kier alpha value is -2.68. The Kier molecular flexibility index (Phi) is 13.0. The minimum absolute atomic E-state index is 0.972. The molecule has 0 amide bonds. The number of benzene rings is 1. The first-order chi connectivity index (χ1) is 13.3. The molecular formula is C24H35N3. The number of fused-ring (bicyclic) bond motifs is 2. The summed E-state index contributed by atoms with van der Waals surface area (Å²) in [6.07, 6.45) is 5.58. The second-order valence-electron chi connectivity index (χ2n) is 5.02. The van der Waals surface area contributed by atoms with Crippen molar-refractivity contribution >= 4 is 21.9 Å². The minimum Gasteiger partial charge on any atom is -0.346 e. The van der Waals surface area contributed by atoms with Gasteiger partial charge in [-0.05, 0) is 49.2 Å². The highest BCUT2D eigenvalue weighted by atomic mass is 14.8. The molecule has 3 aromatic heterocycles. The van der Waals surface area contributed by atoms with Crippen LogP contribution in [0.15, 0.2) is 61.1 Å². The molecule has 3 heterocycles. The van der Waals surface area contributed by atoms with Crippen LogP contribution in [0.3, 0.4) is 0 Å². The van der Waals surface area contributed by atoms with Crippen LogP contribution in [0.25, 0.3) is 21.9 Å². The molecule has 0 unspecified atom stereocenters. The van der Waals surface area contributed by atoms with Gasteiger partial charge in [-0.1, -0.05) is 59.7 Å². The molecule has 1 aromatic carbocycles. The maximum absolute atomic E-state index is 4.24. The summed E-state index contributed by atoms with van der Waals surface area (Å²) in [6.45, 7) is 16.2. The molecule has 3 nitrogen and oxygen atoms in total. The summed E-state index contributed by atoms with van der Waals surface area (Å²) in [5, 5.41) is 2.46. The van der Waals surface area contributed by atoms with Crippen LogP contribution >= 0.6 is 0 Å². The van der Waals surface area contributed by atoms with E-state index in [1.165, 1.54) is 21.9 Å². The van der Waals surface area contributed by atoms with Crippen molar-refractivity contribution in [2.24, 2.45) is 0 Å². The Morgan fingerprint density at radius 3 is 1.81 bits per heavy atom. The number of hydrogen-bond donors (Lipinski definition) is 1. The third-order valence-corrected chi connectivity index (χ3v) is 3.52. The molecule has 27 heavy (non-hydrogen) atoms. The molecular weight excluding hydrogens is 330 g/mol. The number of rotatable bonds is 0. The van der Waals surface area contributed by atoms with E-state index in [1.807, 2.05) is 78.2 Å². The zero-order valence-corrected chi connectivity index (χ0v) is 18.2. The van der Waals surface area contributed by atoms with E-state index < -0.39 is 0 Å². The van der Waals surface area contributed by atoms with Crippen molar-refractivity contribution in [1.29, 1.82) is 0 Å². The number of aromatic amines is 1. The number of pyridine rings is 2. The normalized spacial score (nSPS) is 8.74. The molecule has 0 radical (unpaired) electrons. The van der Waals surface area contributed by atoms with E-state index >= 15 is 0 Å². The van der Waals surface area contributed by atoms with Gasteiger partial charge in [0.1, 0.15) is 5.65 Å². The zero-order valence-electron chi connectivity index (χ0n) is 18.2. The predicted octanol–water partition coefficient (Wildman–Crippen LogP) is 7.49. The second-order valence-corrected chi connectivity index (χ2v) is 5.02. The van der Waals surface area contributed by atoms with Gasteiger partial charge in [-0.15, -0.1) is 0 Å². The predicted molar refractivity (Wildman–Crippen MR) is 121 cm³/mol. The summed E-state index contributed by atoms with van der Waals surface area (Å²) < 4.78 is 0. The average Bonchev–Trinajstić information content (AvgIpc) is 3.15. The molecule has 1 N–H and O–H groups in total. The summed E-state index contributed by atoms with van der Waals surface area (Å²) >= 11 is 0. The van der Waals surface area contributed by atoms with E-state index in [1.54, 1.807) is 6.20 Å². The summed E-state index contributed by atoms with van der Waals surface area (Å²) in [6, 6.07) is 14.2. The van der Waals surface area contributed by atoms with Crippen LogP contribution in [0.2, 0.25) is 0 Å². The minimum atomic E-state index is 0.972. The van der Waals surface area contributed by atoms with Crippen molar-refractivity contribution in [3.05, 3.63) is 72.2 Å². The van der Waals surface area contributed by atoms with Crippen LogP contribution in [0.5, 0.6) is 0 Å². The van der Waals surface area contributed by atoms with Gasteiger partial charge in [0.15, 0.2) is 0 Å². The number of aromatic nitrogens is 3. The highest BCUT2D eigenvalue weighted by molar-refractivity contribution is 5.81. The molecule has 0 aliphatic heterocycles. The SMILES string of the molecule is CC.CC.CC.Cc1c[nH]c2ncccc12.Cc1cccc2ncccc12. The first kappa shape index (κ1) is 24.3. The van der Waals surface area contributed by atoms with E-state index in [4.69, 9.17) is 0 Å². The third kappa shape index (κ3) is 7.22. The monoisotopic (exact) mass is 365 g/mol. The van der Waals surface area contributed by atoms with E-state index in [0.29, 0.717) is 0 Å². The molecule has 4 aromatic rings. The maximum Gasteiger partial charge on any atom is 0.137 e. The van der Waals surface area contributed by atoms with Crippen LogP contribution in [-0.2, 0) is 0 Å². The van der Waals surface area contributed by atoms with Gasteiger partial charge in [0.25, 0.3) is 0 Å². The number of nitrogens with one attached hydrogen (secondary N) is 1. The lowest BCUT2D eigenvalue weighted by atomic mass is 10.1. The summed E-state index contributed by atoms with van der Waals surface area (Å²) in [5.41, 5.74) is 4.59. The molecule has 146 valence electrons. The molecule has 0 bridgehead atoms. The van der Waals surface area contributed by atoms with E-state index in [0.717, 1.165) is 11.2 Å². The van der Waals surface area contributed by atoms with Gasteiger partial charge in [-0.3, -0.25) is 4.98 Å². The fourth-order valence-electron chi connectivity index (χ4n) is 2.35. The van der Waals surface area contributed by atoms with Crippen LogP contribution < -0.4 is 0 Å². The summed E-state index contributed by atoms with van der Waals surface area (Å²) in [4.78, 5) is 11.5. The van der Waals surface area contributed by atoms with E-state index in [2.05, 4.69) is 47.0 Å². The quantitative estimate of drug-likeness (QED) is 0.350. The smallest absolute Gasteiger partial charge is 0.137 e. The Balaban J connectivity index is 0.000000394. The van der Waals surface area contributed by atoms with E-state index in [-0.39, 0.29) is 0 Å². The summed E-state index contributed by atoms with van der Waals surface area (Å²) in [7, 11) is 0. The van der Waals surface area contributed by atoms with Gasteiger partial charge in [0.2, 0.25) is 0 Å². The fraction of sp³-hybridized carbons (Fsp3) is 0.333. The number of H-pyrrole nitrogens is 1. The molecule has 0 spiro atoms. The van der Waals surface area contributed by atoms with Crippen molar-refractivity contribution in [2.45, 2.75) is 55.4 Å². The molecule has 0 atom stereocenters. The van der Waals surface area contributed by atoms with Crippen molar-refractivity contribution in [3.63, 3.8) is 0 Å². The van der Waals surface area contributed by atoms with Gasteiger partial charge in [-0.2, -0.15) is 0 Å². The molecule has 4 rings (SSSR count). The van der Waals surface area contributed by atoms with Gasteiger partial charge in [-0.25, -0.2) is 4.98 Å². The Labute approximate surface area is 164 Å². The van der Waals surface area contributed by atoms with Crippen molar-refractivity contribution in [2.75, 3.05) is 0 Å². The lowest BCUT2D eigenvalue weighted by Gasteiger charge is -1.97. The van der Waals surface area contributed by atoms with Crippen molar-refractivity contribution in [3.8, 4) is 0 Å².